The summed E-state index contributed by atoms with van der Waals surface area (Å²) >= 11 is 0. The second-order valence-corrected chi connectivity index (χ2v) is 4.73. The van der Waals surface area contributed by atoms with Gasteiger partial charge in [0.25, 0.3) is 5.91 Å². The Morgan fingerprint density at radius 3 is 2.59 bits per heavy atom. The fourth-order valence-corrected chi connectivity index (χ4v) is 2.02. The van der Waals surface area contributed by atoms with Crippen LogP contribution in [-0.4, -0.2) is 16.1 Å². The Labute approximate surface area is 125 Å². The zero-order valence-electron chi connectivity index (χ0n) is 11.7. The molecule has 6 heteroatoms. The van der Waals surface area contributed by atoms with E-state index in [-0.39, 0.29) is 11.7 Å². The van der Waals surface area contributed by atoms with Gasteiger partial charge in [0.1, 0.15) is 5.82 Å². The van der Waals surface area contributed by atoms with Crippen molar-refractivity contribution in [3.05, 3.63) is 65.8 Å². The average molecular weight is 297 g/mol. The van der Waals surface area contributed by atoms with Gasteiger partial charge in [-0.05, 0) is 55.0 Å². The van der Waals surface area contributed by atoms with E-state index in [0.29, 0.717) is 22.7 Å². The lowest BCUT2D eigenvalue weighted by atomic mass is 10.1. The van der Waals surface area contributed by atoms with Crippen molar-refractivity contribution in [3.63, 3.8) is 0 Å². The molecule has 1 heterocycles. The largest absolute Gasteiger partial charge is 0.423 e. The quantitative estimate of drug-likeness (QED) is 0.804. The Hall–Kier alpha value is -3.02. The first-order valence-corrected chi connectivity index (χ1v) is 6.57. The molecule has 110 valence electrons. The van der Waals surface area contributed by atoms with Gasteiger partial charge in [-0.2, -0.15) is 0 Å². The summed E-state index contributed by atoms with van der Waals surface area (Å²) in [4.78, 5) is 12.2. The van der Waals surface area contributed by atoms with Crippen molar-refractivity contribution >= 4 is 11.6 Å². The lowest BCUT2D eigenvalue weighted by molar-refractivity contribution is 0.102. The summed E-state index contributed by atoms with van der Waals surface area (Å²) in [5.41, 5.74) is 2.45. The molecule has 1 aromatic heterocycles. The number of benzene rings is 2. The van der Waals surface area contributed by atoms with E-state index >= 15 is 0 Å². The van der Waals surface area contributed by atoms with Crippen molar-refractivity contribution in [2.45, 2.75) is 6.92 Å². The molecule has 0 atom stereocenters. The minimum atomic E-state index is -0.334. The van der Waals surface area contributed by atoms with Crippen molar-refractivity contribution in [3.8, 4) is 11.5 Å². The number of hydrogen-bond acceptors (Lipinski definition) is 4. The number of amides is 1. The van der Waals surface area contributed by atoms with Crippen LogP contribution in [0.2, 0.25) is 0 Å². The Morgan fingerprint density at radius 1 is 1.18 bits per heavy atom. The summed E-state index contributed by atoms with van der Waals surface area (Å²) in [5.74, 6) is -0.215. The Balaban J connectivity index is 1.77. The maximum atomic E-state index is 13.1. The molecule has 0 radical (unpaired) electrons. The molecule has 0 unspecified atom stereocenters. The molecular formula is C16H12FN3O2. The van der Waals surface area contributed by atoms with E-state index < -0.39 is 0 Å². The lowest BCUT2D eigenvalue weighted by Crippen LogP contribution is -2.12. The number of halogens is 1. The van der Waals surface area contributed by atoms with Gasteiger partial charge in [0.2, 0.25) is 12.3 Å². The lowest BCUT2D eigenvalue weighted by Gasteiger charge is -2.08. The SMILES string of the molecule is Cc1cc(F)ccc1NC(=O)c1ccc(-c2nnco2)cc1. The zero-order valence-corrected chi connectivity index (χ0v) is 11.7. The number of aromatic nitrogens is 2. The normalized spacial score (nSPS) is 10.5. The third kappa shape index (κ3) is 2.85. The second kappa shape index (κ2) is 5.77. The van der Waals surface area contributed by atoms with Gasteiger partial charge in [-0.1, -0.05) is 0 Å². The van der Waals surface area contributed by atoms with Crippen LogP contribution in [0, 0.1) is 12.7 Å². The second-order valence-electron chi connectivity index (χ2n) is 4.73. The smallest absolute Gasteiger partial charge is 0.255 e. The molecule has 0 aliphatic rings. The number of nitrogens with one attached hydrogen (secondary N) is 1. The third-order valence-electron chi connectivity index (χ3n) is 3.19. The Kier molecular flexibility index (Phi) is 3.65. The monoisotopic (exact) mass is 297 g/mol. The number of hydrogen-bond donors (Lipinski definition) is 1. The van der Waals surface area contributed by atoms with Gasteiger partial charge in [-0.25, -0.2) is 4.39 Å². The molecule has 22 heavy (non-hydrogen) atoms. The first-order chi connectivity index (χ1) is 10.6. The zero-order chi connectivity index (χ0) is 15.5. The summed E-state index contributed by atoms with van der Waals surface area (Å²) in [6.45, 7) is 1.73. The van der Waals surface area contributed by atoms with Crippen LogP contribution < -0.4 is 5.32 Å². The van der Waals surface area contributed by atoms with Crippen molar-refractivity contribution in [2.75, 3.05) is 5.32 Å². The van der Waals surface area contributed by atoms with Crippen LogP contribution in [0.5, 0.6) is 0 Å². The number of anilines is 1. The van der Waals surface area contributed by atoms with Gasteiger partial charge in [0.15, 0.2) is 0 Å². The molecule has 3 aromatic rings. The van der Waals surface area contributed by atoms with E-state index in [1.165, 1.54) is 24.6 Å². The summed E-state index contributed by atoms with van der Waals surface area (Å²) in [6.07, 6.45) is 1.24. The van der Waals surface area contributed by atoms with Crippen LogP contribution in [0.15, 0.2) is 53.3 Å². The first kappa shape index (κ1) is 13.9. The van der Waals surface area contributed by atoms with E-state index in [1.807, 2.05) is 0 Å². The highest BCUT2D eigenvalue weighted by atomic mass is 19.1. The van der Waals surface area contributed by atoms with E-state index in [1.54, 1.807) is 31.2 Å². The summed E-state index contributed by atoms with van der Waals surface area (Å²) in [5, 5.41) is 10.1. The molecule has 0 saturated carbocycles. The fraction of sp³-hybridized carbons (Fsp3) is 0.0625. The Morgan fingerprint density at radius 2 is 1.95 bits per heavy atom. The van der Waals surface area contributed by atoms with Crippen LogP contribution in [0.1, 0.15) is 15.9 Å². The average Bonchev–Trinajstić information content (AvgIpc) is 3.04. The van der Waals surface area contributed by atoms with Crippen molar-refractivity contribution < 1.29 is 13.6 Å². The molecule has 0 aliphatic heterocycles. The highest BCUT2D eigenvalue weighted by molar-refractivity contribution is 6.04. The molecule has 5 nitrogen and oxygen atoms in total. The number of carbonyl (C=O) groups is 1. The first-order valence-electron chi connectivity index (χ1n) is 6.57. The van der Waals surface area contributed by atoms with E-state index in [4.69, 9.17) is 4.42 Å². The molecular weight excluding hydrogens is 285 g/mol. The minimum Gasteiger partial charge on any atom is -0.423 e. The minimum absolute atomic E-state index is 0.271. The Bertz CT molecular complexity index is 799. The van der Waals surface area contributed by atoms with Crippen LogP contribution in [-0.2, 0) is 0 Å². The number of carbonyl (C=O) groups excluding carboxylic acids is 1. The van der Waals surface area contributed by atoms with Crippen LogP contribution in [0.25, 0.3) is 11.5 Å². The molecule has 0 aliphatic carbocycles. The van der Waals surface area contributed by atoms with Crippen LogP contribution in [0.3, 0.4) is 0 Å². The predicted octanol–water partition coefficient (Wildman–Crippen LogP) is 3.44. The van der Waals surface area contributed by atoms with E-state index in [9.17, 15) is 9.18 Å². The van der Waals surface area contributed by atoms with Crippen molar-refractivity contribution in [1.82, 2.24) is 10.2 Å². The van der Waals surface area contributed by atoms with Crippen LogP contribution in [0.4, 0.5) is 10.1 Å². The highest BCUT2D eigenvalue weighted by Crippen LogP contribution is 2.19. The molecule has 0 fully saturated rings. The van der Waals surface area contributed by atoms with E-state index in [0.717, 1.165) is 5.56 Å². The topological polar surface area (TPSA) is 68.0 Å². The van der Waals surface area contributed by atoms with Gasteiger partial charge >= 0.3 is 0 Å². The molecule has 0 saturated heterocycles. The predicted molar refractivity (Wildman–Crippen MR) is 78.8 cm³/mol. The van der Waals surface area contributed by atoms with Gasteiger partial charge in [-0.15, -0.1) is 10.2 Å². The standard InChI is InChI=1S/C16H12FN3O2/c1-10-8-13(17)6-7-14(10)19-15(21)11-2-4-12(5-3-11)16-20-18-9-22-16/h2-9H,1H3,(H,19,21). The van der Waals surface area contributed by atoms with Crippen molar-refractivity contribution in [2.24, 2.45) is 0 Å². The summed E-state index contributed by atoms with van der Waals surface area (Å²) < 4.78 is 18.1. The summed E-state index contributed by atoms with van der Waals surface area (Å²) in [6, 6.07) is 11.0. The van der Waals surface area contributed by atoms with Gasteiger partial charge in [0.05, 0.1) is 0 Å². The molecule has 0 spiro atoms. The van der Waals surface area contributed by atoms with E-state index in [2.05, 4.69) is 15.5 Å². The van der Waals surface area contributed by atoms with Gasteiger partial charge in [-0.3, -0.25) is 4.79 Å². The maximum Gasteiger partial charge on any atom is 0.255 e. The molecule has 1 amide bonds. The van der Waals surface area contributed by atoms with Crippen molar-refractivity contribution in [1.29, 1.82) is 0 Å². The highest BCUT2D eigenvalue weighted by Gasteiger charge is 2.10. The van der Waals surface area contributed by atoms with Crippen LogP contribution >= 0.6 is 0 Å². The number of rotatable bonds is 3. The van der Waals surface area contributed by atoms with Gasteiger partial charge in [0, 0.05) is 16.8 Å². The molecule has 1 N–H and O–H groups in total. The molecule has 2 aromatic carbocycles. The molecule has 3 rings (SSSR count). The third-order valence-corrected chi connectivity index (χ3v) is 3.19. The number of nitrogens with zero attached hydrogens (tertiary/aromatic N) is 2. The number of aryl methyl sites for hydroxylation is 1. The fourth-order valence-electron chi connectivity index (χ4n) is 2.02. The molecule has 0 bridgehead atoms. The maximum absolute atomic E-state index is 13.1. The van der Waals surface area contributed by atoms with Gasteiger partial charge < -0.3 is 9.73 Å². The summed E-state index contributed by atoms with van der Waals surface area (Å²) in [7, 11) is 0.